The van der Waals surface area contributed by atoms with Gasteiger partial charge in [0.05, 0.1) is 10.3 Å². The third-order valence-corrected chi connectivity index (χ3v) is 4.82. The van der Waals surface area contributed by atoms with Crippen molar-refractivity contribution < 1.29 is 17.2 Å². The van der Waals surface area contributed by atoms with Gasteiger partial charge < -0.3 is 0 Å². The summed E-state index contributed by atoms with van der Waals surface area (Å²) >= 11 is 12.1. The molecular formula is C14H10Cl2F2O2S. The minimum Gasteiger partial charge on any atom is -0.224 e. The molecule has 2 rings (SSSR count). The van der Waals surface area contributed by atoms with Crippen LogP contribution in [0.4, 0.5) is 8.78 Å². The van der Waals surface area contributed by atoms with E-state index in [1.807, 2.05) is 0 Å². The first kappa shape index (κ1) is 16.2. The Morgan fingerprint density at radius 3 is 2.33 bits per heavy atom. The van der Waals surface area contributed by atoms with Crippen LogP contribution in [0.3, 0.4) is 0 Å². The molecule has 0 amide bonds. The molecule has 0 N–H and O–H groups in total. The minimum absolute atomic E-state index is 0.0290. The Hall–Kier alpha value is -1.17. The summed E-state index contributed by atoms with van der Waals surface area (Å²) in [6.45, 7) is 0. The molecule has 0 saturated carbocycles. The van der Waals surface area contributed by atoms with Crippen LogP contribution in [0.25, 0.3) is 0 Å². The van der Waals surface area contributed by atoms with Crippen LogP contribution >= 0.6 is 23.2 Å². The quantitative estimate of drug-likeness (QED) is 0.609. The fraction of sp³-hybridized carbons (Fsp3) is 0.143. The van der Waals surface area contributed by atoms with Gasteiger partial charge in [-0.3, -0.25) is 0 Å². The van der Waals surface area contributed by atoms with E-state index in [2.05, 4.69) is 0 Å². The lowest BCUT2D eigenvalue weighted by Gasteiger charge is -2.13. The van der Waals surface area contributed by atoms with Crippen molar-refractivity contribution in [3.05, 3.63) is 64.2 Å². The number of halogens is 4. The van der Waals surface area contributed by atoms with E-state index in [0.29, 0.717) is 5.56 Å². The Morgan fingerprint density at radius 2 is 1.71 bits per heavy atom. The molecule has 7 heteroatoms. The standard InChI is InChI=1S/C14H10Cl2F2O2S/c1-21(19,20)9-4-2-3-8(5-9)14(16)10-6-12(17)13(18)7-11(10)15/h2-7,14H,1H3. The van der Waals surface area contributed by atoms with Crippen molar-refractivity contribution in [3.63, 3.8) is 0 Å². The number of alkyl halides is 1. The summed E-state index contributed by atoms with van der Waals surface area (Å²) in [6, 6.07) is 7.66. The zero-order valence-corrected chi connectivity index (χ0v) is 13.1. The van der Waals surface area contributed by atoms with E-state index >= 15 is 0 Å². The fourth-order valence-corrected chi connectivity index (χ4v) is 3.12. The maximum absolute atomic E-state index is 13.3. The molecule has 0 bridgehead atoms. The summed E-state index contributed by atoms with van der Waals surface area (Å²) in [5, 5.41) is -0.923. The van der Waals surface area contributed by atoms with Crippen LogP contribution in [0, 0.1) is 11.6 Å². The molecular weight excluding hydrogens is 341 g/mol. The average Bonchev–Trinajstić information content (AvgIpc) is 2.41. The highest BCUT2D eigenvalue weighted by Gasteiger charge is 2.19. The van der Waals surface area contributed by atoms with E-state index in [1.165, 1.54) is 18.2 Å². The van der Waals surface area contributed by atoms with Crippen molar-refractivity contribution in [2.75, 3.05) is 6.26 Å². The highest BCUT2D eigenvalue weighted by molar-refractivity contribution is 7.90. The molecule has 1 unspecified atom stereocenters. The van der Waals surface area contributed by atoms with E-state index in [1.54, 1.807) is 6.07 Å². The maximum atomic E-state index is 13.3. The van der Waals surface area contributed by atoms with Crippen molar-refractivity contribution in [2.45, 2.75) is 10.3 Å². The maximum Gasteiger partial charge on any atom is 0.175 e. The van der Waals surface area contributed by atoms with Gasteiger partial charge in [0, 0.05) is 11.3 Å². The Bertz CT molecular complexity index is 792. The lowest BCUT2D eigenvalue weighted by Crippen LogP contribution is -2.01. The second kappa shape index (κ2) is 5.91. The van der Waals surface area contributed by atoms with Crippen molar-refractivity contribution >= 4 is 33.0 Å². The largest absolute Gasteiger partial charge is 0.224 e. The first-order valence-corrected chi connectivity index (χ1v) is 8.49. The number of sulfone groups is 1. The molecule has 0 fully saturated rings. The number of rotatable bonds is 3. The van der Waals surface area contributed by atoms with E-state index in [9.17, 15) is 17.2 Å². The summed E-state index contributed by atoms with van der Waals surface area (Å²) in [5.41, 5.74) is 0.593. The van der Waals surface area contributed by atoms with E-state index in [-0.39, 0.29) is 15.5 Å². The molecule has 0 spiro atoms. The second-order valence-corrected chi connectivity index (χ2v) is 7.35. The number of benzene rings is 2. The van der Waals surface area contributed by atoms with Crippen LogP contribution in [0.1, 0.15) is 16.5 Å². The first-order valence-electron chi connectivity index (χ1n) is 5.78. The molecule has 0 heterocycles. The molecule has 0 aliphatic heterocycles. The predicted molar refractivity (Wildman–Crippen MR) is 78.6 cm³/mol. The number of hydrogen-bond donors (Lipinski definition) is 0. The molecule has 1 atom stereocenters. The van der Waals surface area contributed by atoms with Crippen LogP contribution in [-0.2, 0) is 9.84 Å². The molecule has 0 radical (unpaired) electrons. The van der Waals surface area contributed by atoms with Crippen molar-refractivity contribution in [2.24, 2.45) is 0 Å². The van der Waals surface area contributed by atoms with Crippen LogP contribution < -0.4 is 0 Å². The van der Waals surface area contributed by atoms with Gasteiger partial charge in [-0.25, -0.2) is 17.2 Å². The first-order chi connectivity index (χ1) is 9.70. The van der Waals surface area contributed by atoms with Gasteiger partial charge in [0.15, 0.2) is 21.5 Å². The van der Waals surface area contributed by atoms with E-state index in [4.69, 9.17) is 23.2 Å². The highest BCUT2D eigenvalue weighted by atomic mass is 35.5. The Kier molecular flexibility index (Phi) is 4.56. The van der Waals surface area contributed by atoms with Crippen LogP contribution in [-0.4, -0.2) is 14.7 Å². The lowest BCUT2D eigenvalue weighted by atomic mass is 10.0. The van der Waals surface area contributed by atoms with Gasteiger partial charge in [-0.15, -0.1) is 11.6 Å². The van der Waals surface area contributed by atoms with Crippen LogP contribution in [0.15, 0.2) is 41.3 Å². The third-order valence-electron chi connectivity index (χ3n) is 2.89. The van der Waals surface area contributed by atoms with E-state index in [0.717, 1.165) is 18.4 Å². The van der Waals surface area contributed by atoms with Gasteiger partial charge in [0.2, 0.25) is 0 Å². The molecule has 21 heavy (non-hydrogen) atoms. The number of hydrogen-bond acceptors (Lipinski definition) is 2. The second-order valence-electron chi connectivity index (χ2n) is 4.50. The van der Waals surface area contributed by atoms with Gasteiger partial charge in [0.1, 0.15) is 0 Å². The average molecular weight is 351 g/mol. The SMILES string of the molecule is CS(=O)(=O)c1cccc(C(Cl)c2cc(F)c(F)cc2Cl)c1. The summed E-state index contributed by atoms with van der Waals surface area (Å²) in [6.07, 6.45) is 1.07. The van der Waals surface area contributed by atoms with Gasteiger partial charge in [-0.1, -0.05) is 23.7 Å². The molecule has 112 valence electrons. The van der Waals surface area contributed by atoms with Gasteiger partial charge in [0.25, 0.3) is 0 Å². The smallest absolute Gasteiger partial charge is 0.175 e. The van der Waals surface area contributed by atoms with Crippen LogP contribution in [0.2, 0.25) is 5.02 Å². The van der Waals surface area contributed by atoms with E-state index < -0.39 is 26.8 Å². The topological polar surface area (TPSA) is 34.1 Å². The Balaban J connectivity index is 2.50. The molecule has 2 aromatic rings. The van der Waals surface area contributed by atoms with Crippen molar-refractivity contribution in [1.29, 1.82) is 0 Å². The fourth-order valence-electron chi connectivity index (χ4n) is 1.81. The molecule has 2 aromatic carbocycles. The Morgan fingerprint density at radius 1 is 1.10 bits per heavy atom. The summed E-state index contributed by atoms with van der Waals surface area (Å²) in [5.74, 6) is -2.14. The summed E-state index contributed by atoms with van der Waals surface area (Å²) < 4.78 is 49.4. The molecule has 2 nitrogen and oxygen atoms in total. The van der Waals surface area contributed by atoms with Crippen molar-refractivity contribution in [3.8, 4) is 0 Å². The van der Waals surface area contributed by atoms with Gasteiger partial charge in [-0.05, 0) is 35.4 Å². The normalized spacial score (nSPS) is 13.2. The predicted octanol–water partition coefficient (Wildman–Crippen LogP) is 4.35. The van der Waals surface area contributed by atoms with Gasteiger partial charge in [-0.2, -0.15) is 0 Å². The third kappa shape index (κ3) is 3.54. The minimum atomic E-state index is -3.39. The zero-order valence-electron chi connectivity index (χ0n) is 10.8. The summed E-state index contributed by atoms with van der Waals surface area (Å²) in [4.78, 5) is 0.0874. The molecule has 0 aromatic heterocycles. The monoisotopic (exact) mass is 350 g/mol. The highest BCUT2D eigenvalue weighted by Crippen LogP contribution is 2.35. The molecule has 0 aliphatic carbocycles. The Labute approximate surface area is 131 Å². The van der Waals surface area contributed by atoms with Crippen LogP contribution in [0.5, 0.6) is 0 Å². The molecule has 0 aliphatic rings. The van der Waals surface area contributed by atoms with Crippen molar-refractivity contribution in [1.82, 2.24) is 0 Å². The lowest BCUT2D eigenvalue weighted by molar-refractivity contribution is 0.507. The molecule has 0 saturated heterocycles. The zero-order chi connectivity index (χ0) is 15.8. The van der Waals surface area contributed by atoms with Gasteiger partial charge >= 0.3 is 0 Å². The summed E-state index contributed by atoms with van der Waals surface area (Å²) in [7, 11) is -3.39.